The van der Waals surface area contributed by atoms with Crippen molar-refractivity contribution in [1.29, 1.82) is 0 Å². The highest BCUT2D eigenvalue weighted by Gasteiger charge is 2.23. The number of tetrazole rings is 1. The molecule has 1 saturated carbocycles. The van der Waals surface area contributed by atoms with Crippen molar-refractivity contribution in [2.75, 3.05) is 0 Å². The number of hydrogen-bond acceptors (Lipinski definition) is 3. The van der Waals surface area contributed by atoms with Gasteiger partial charge in [0.05, 0.1) is 6.04 Å². The molecule has 1 aliphatic rings. The zero-order valence-corrected chi connectivity index (χ0v) is 9.90. The summed E-state index contributed by atoms with van der Waals surface area (Å²) in [6, 6.07) is 0.488. The molecule has 4 heteroatoms. The van der Waals surface area contributed by atoms with Crippen molar-refractivity contribution >= 4 is 0 Å². The minimum absolute atomic E-state index is 0.00686. The molecule has 0 unspecified atom stereocenters. The summed E-state index contributed by atoms with van der Waals surface area (Å²) in [4.78, 5) is 1.83. The van der Waals surface area contributed by atoms with E-state index in [4.69, 9.17) is 0 Å². The summed E-state index contributed by atoms with van der Waals surface area (Å²) in [5, 5.41) is 12.8. The van der Waals surface area contributed by atoms with Crippen LogP contribution in [-0.2, 0) is 5.41 Å². The van der Waals surface area contributed by atoms with Crippen LogP contribution in [0.15, 0.2) is 0 Å². The van der Waals surface area contributed by atoms with E-state index in [1.807, 2.05) is 4.80 Å². The Morgan fingerprint density at radius 3 is 2.33 bits per heavy atom. The smallest absolute Gasteiger partial charge is 0.161 e. The van der Waals surface area contributed by atoms with E-state index in [0.717, 1.165) is 5.82 Å². The largest absolute Gasteiger partial charge is 0.180 e. The Balaban J connectivity index is 2.12. The molecule has 0 aliphatic heterocycles. The van der Waals surface area contributed by atoms with Gasteiger partial charge in [0, 0.05) is 5.41 Å². The molecule has 0 bridgehead atoms. The first-order chi connectivity index (χ1) is 7.07. The van der Waals surface area contributed by atoms with Gasteiger partial charge in [-0.1, -0.05) is 40.0 Å². The van der Waals surface area contributed by atoms with Gasteiger partial charge < -0.3 is 0 Å². The summed E-state index contributed by atoms with van der Waals surface area (Å²) < 4.78 is 0. The summed E-state index contributed by atoms with van der Waals surface area (Å²) in [6.45, 7) is 6.36. The maximum atomic E-state index is 4.50. The van der Waals surface area contributed by atoms with Gasteiger partial charge in [-0.25, -0.2) is 0 Å². The predicted octanol–water partition coefficient (Wildman–Crippen LogP) is 2.48. The quantitative estimate of drug-likeness (QED) is 0.712. The molecule has 1 fully saturated rings. The lowest BCUT2D eigenvalue weighted by atomic mass is 9.96. The molecule has 4 nitrogen and oxygen atoms in total. The molecular weight excluding hydrogens is 188 g/mol. The number of nitrogens with zero attached hydrogens (tertiary/aromatic N) is 4. The van der Waals surface area contributed by atoms with E-state index in [2.05, 4.69) is 36.2 Å². The van der Waals surface area contributed by atoms with Crippen LogP contribution in [-0.4, -0.2) is 20.2 Å². The van der Waals surface area contributed by atoms with E-state index in [1.54, 1.807) is 0 Å². The molecule has 84 valence electrons. The van der Waals surface area contributed by atoms with E-state index in [-0.39, 0.29) is 5.41 Å². The van der Waals surface area contributed by atoms with Crippen molar-refractivity contribution in [3.05, 3.63) is 5.82 Å². The van der Waals surface area contributed by atoms with Gasteiger partial charge in [-0.2, -0.15) is 4.80 Å². The summed E-state index contributed by atoms with van der Waals surface area (Å²) in [6.07, 6.45) is 6.38. The minimum Gasteiger partial charge on any atom is -0.161 e. The Labute approximate surface area is 91.1 Å². The monoisotopic (exact) mass is 208 g/mol. The van der Waals surface area contributed by atoms with Gasteiger partial charge in [0.1, 0.15) is 0 Å². The van der Waals surface area contributed by atoms with Crippen LogP contribution in [0.5, 0.6) is 0 Å². The molecule has 1 heterocycles. The molecule has 1 aromatic heterocycles. The average molecular weight is 208 g/mol. The normalized spacial score (nSPS) is 19.4. The highest BCUT2D eigenvalue weighted by Crippen LogP contribution is 2.27. The second-order valence-electron chi connectivity index (χ2n) is 5.48. The minimum atomic E-state index is 0.00686. The lowest BCUT2D eigenvalue weighted by molar-refractivity contribution is 0.295. The van der Waals surface area contributed by atoms with Crippen molar-refractivity contribution in [2.24, 2.45) is 0 Å². The van der Waals surface area contributed by atoms with Gasteiger partial charge >= 0.3 is 0 Å². The number of aromatic nitrogens is 4. The Hall–Kier alpha value is -0.930. The van der Waals surface area contributed by atoms with Crippen molar-refractivity contribution in [3.63, 3.8) is 0 Å². The summed E-state index contributed by atoms with van der Waals surface area (Å²) in [5.41, 5.74) is 0.00686. The van der Waals surface area contributed by atoms with Gasteiger partial charge in [0.25, 0.3) is 0 Å². The second-order valence-corrected chi connectivity index (χ2v) is 5.48. The molecule has 1 aromatic rings. The third-order valence-electron chi connectivity index (χ3n) is 3.00. The lowest BCUT2D eigenvalue weighted by Crippen LogP contribution is -2.18. The SMILES string of the molecule is CC(C)(C)c1nnn(C2CCCCC2)n1. The van der Waals surface area contributed by atoms with Crippen LogP contribution in [0, 0.1) is 0 Å². The van der Waals surface area contributed by atoms with Crippen LogP contribution in [0.4, 0.5) is 0 Å². The highest BCUT2D eigenvalue weighted by molar-refractivity contribution is 4.96. The molecule has 0 spiro atoms. The van der Waals surface area contributed by atoms with E-state index < -0.39 is 0 Å². The molecule has 0 saturated heterocycles. The third kappa shape index (κ3) is 2.36. The van der Waals surface area contributed by atoms with E-state index in [9.17, 15) is 0 Å². The summed E-state index contributed by atoms with van der Waals surface area (Å²) in [5.74, 6) is 0.855. The topological polar surface area (TPSA) is 43.6 Å². The molecule has 0 N–H and O–H groups in total. The summed E-state index contributed by atoms with van der Waals surface area (Å²) >= 11 is 0. The second kappa shape index (κ2) is 3.91. The standard InChI is InChI=1S/C11H20N4/c1-11(2,3)10-12-14-15(13-10)9-7-5-4-6-8-9/h9H,4-8H2,1-3H3. The Kier molecular flexibility index (Phi) is 2.76. The van der Waals surface area contributed by atoms with Crippen LogP contribution >= 0.6 is 0 Å². The highest BCUT2D eigenvalue weighted by atomic mass is 15.6. The molecule has 2 rings (SSSR count). The third-order valence-corrected chi connectivity index (χ3v) is 3.00. The molecule has 0 atom stereocenters. The van der Waals surface area contributed by atoms with Crippen molar-refractivity contribution < 1.29 is 0 Å². The fourth-order valence-electron chi connectivity index (χ4n) is 1.99. The van der Waals surface area contributed by atoms with Crippen LogP contribution < -0.4 is 0 Å². The lowest BCUT2D eigenvalue weighted by Gasteiger charge is -2.20. The van der Waals surface area contributed by atoms with Crippen LogP contribution in [0.1, 0.15) is 64.7 Å². The Morgan fingerprint density at radius 1 is 1.13 bits per heavy atom. The van der Waals surface area contributed by atoms with Crippen LogP contribution in [0.25, 0.3) is 0 Å². The Morgan fingerprint density at radius 2 is 1.80 bits per heavy atom. The van der Waals surface area contributed by atoms with E-state index >= 15 is 0 Å². The maximum Gasteiger partial charge on any atom is 0.180 e. The van der Waals surface area contributed by atoms with E-state index in [0.29, 0.717) is 6.04 Å². The Bertz CT molecular complexity index is 318. The first kappa shape index (κ1) is 10.6. The average Bonchev–Trinajstić information content (AvgIpc) is 2.67. The molecule has 15 heavy (non-hydrogen) atoms. The molecule has 0 aromatic carbocycles. The maximum absolute atomic E-state index is 4.50. The van der Waals surface area contributed by atoms with Gasteiger partial charge in [-0.05, 0) is 18.1 Å². The predicted molar refractivity (Wildman–Crippen MR) is 58.6 cm³/mol. The summed E-state index contributed by atoms with van der Waals surface area (Å²) in [7, 11) is 0. The molecule has 0 amide bonds. The van der Waals surface area contributed by atoms with Gasteiger partial charge in [-0.15, -0.1) is 10.2 Å². The molecule has 0 radical (unpaired) electrons. The van der Waals surface area contributed by atoms with Crippen LogP contribution in [0.2, 0.25) is 0 Å². The van der Waals surface area contributed by atoms with Gasteiger partial charge in [-0.3, -0.25) is 0 Å². The molecular formula is C11H20N4. The number of hydrogen-bond donors (Lipinski definition) is 0. The fraction of sp³-hybridized carbons (Fsp3) is 0.909. The van der Waals surface area contributed by atoms with Gasteiger partial charge in [0.2, 0.25) is 0 Å². The van der Waals surface area contributed by atoms with Crippen molar-refractivity contribution in [1.82, 2.24) is 20.2 Å². The van der Waals surface area contributed by atoms with Gasteiger partial charge in [0.15, 0.2) is 5.82 Å². The molecule has 1 aliphatic carbocycles. The van der Waals surface area contributed by atoms with E-state index in [1.165, 1.54) is 32.1 Å². The van der Waals surface area contributed by atoms with Crippen molar-refractivity contribution in [2.45, 2.75) is 64.3 Å². The van der Waals surface area contributed by atoms with Crippen LogP contribution in [0.3, 0.4) is 0 Å². The van der Waals surface area contributed by atoms with Crippen molar-refractivity contribution in [3.8, 4) is 0 Å². The first-order valence-corrected chi connectivity index (χ1v) is 5.87. The zero-order valence-electron chi connectivity index (χ0n) is 9.90. The fourth-order valence-corrected chi connectivity index (χ4v) is 1.99. The zero-order chi connectivity index (χ0) is 10.9. The first-order valence-electron chi connectivity index (χ1n) is 5.87. The number of rotatable bonds is 1.